The van der Waals surface area contributed by atoms with Crippen molar-refractivity contribution < 1.29 is 9.59 Å². The minimum atomic E-state index is -1.28. The van der Waals surface area contributed by atoms with Crippen LogP contribution >= 0.6 is 23.2 Å². The third-order valence-electron chi connectivity index (χ3n) is 4.73. The molecule has 1 atom stereocenters. The standard InChI is InChI=1S/C20H20Cl2N2O2/c1-12-11-13-7-4-5-10-16(13)24(12)19(26)20(2,3)18(25)23-17-14(21)8-6-9-15(17)22/h4-10,12H,11H2,1-3H3,(H,23,25). The first kappa shape index (κ1) is 18.7. The molecule has 1 aliphatic heterocycles. The van der Waals surface area contributed by atoms with Gasteiger partial charge >= 0.3 is 0 Å². The van der Waals surface area contributed by atoms with Gasteiger partial charge in [0.05, 0.1) is 15.7 Å². The van der Waals surface area contributed by atoms with Crippen molar-refractivity contribution in [3.05, 3.63) is 58.1 Å². The summed E-state index contributed by atoms with van der Waals surface area (Å²) in [4.78, 5) is 27.8. The summed E-state index contributed by atoms with van der Waals surface area (Å²) in [5, 5.41) is 3.37. The highest BCUT2D eigenvalue weighted by Crippen LogP contribution is 2.37. The Labute approximate surface area is 163 Å². The second-order valence-corrected chi connectivity index (χ2v) is 7.85. The zero-order valence-corrected chi connectivity index (χ0v) is 16.4. The van der Waals surface area contributed by atoms with Crippen LogP contribution in [0.1, 0.15) is 26.3 Å². The monoisotopic (exact) mass is 390 g/mol. The molecule has 4 nitrogen and oxygen atoms in total. The van der Waals surface area contributed by atoms with Crippen LogP contribution in [0.4, 0.5) is 11.4 Å². The van der Waals surface area contributed by atoms with Gasteiger partial charge in [-0.3, -0.25) is 9.59 Å². The van der Waals surface area contributed by atoms with E-state index in [-0.39, 0.29) is 11.9 Å². The average Bonchev–Trinajstić information content (AvgIpc) is 2.92. The van der Waals surface area contributed by atoms with Gasteiger partial charge in [-0.1, -0.05) is 47.5 Å². The van der Waals surface area contributed by atoms with E-state index in [0.29, 0.717) is 15.7 Å². The van der Waals surface area contributed by atoms with Crippen LogP contribution in [0, 0.1) is 5.41 Å². The number of carbonyl (C=O) groups is 2. The Bertz CT molecular complexity index is 860. The zero-order valence-electron chi connectivity index (χ0n) is 14.8. The molecule has 0 bridgehead atoms. The number of nitrogens with one attached hydrogen (secondary N) is 1. The van der Waals surface area contributed by atoms with Crippen molar-refractivity contribution in [3.8, 4) is 0 Å². The number of fused-ring (bicyclic) bond motifs is 1. The molecule has 3 rings (SSSR count). The van der Waals surface area contributed by atoms with Crippen molar-refractivity contribution in [2.24, 2.45) is 5.41 Å². The SMILES string of the molecule is CC1Cc2ccccc2N1C(=O)C(C)(C)C(=O)Nc1c(Cl)cccc1Cl. The molecule has 1 N–H and O–H groups in total. The lowest BCUT2D eigenvalue weighted by molar-refractivity contribution is -0.136. The van der Waals surface area contributed by atoms with E-state index in [4.69, 9.17) is 23.2 Å². The van der Waals surface area contributed by atoms with Crippen LogP contribution in [0.15, 0.2) is 42.5 Å². The maximum atomic E-state index is 13.2. The van der Waals surface area contributed by atoms with Gasteiger partial charge in [0.1, 0.15) is 5.41 Å². The molecule has 2 aromatic carbocycles. The van der Waals surface area contributed by atoms with Gasteiger partial charge in [-0.05, 0) is 51.0 Å². The van der Waals surface area contributed by atoms with E-state index in [1.807, 2.05) is 31.2 Å². The van der Waals surface area contributed by atoms with Gasteiger partial charge in [-0.25, -0.2) is 0 Å². The molecule has 0 saturated heterocycles. The maximum Gasteiger partial charge on any atom is 0.242 e. The summed E-state index contributed by atoms with van der Waals surface area (Å²) in [5.74, 6) is -0.704. The normalized spacial score (nSPS) is 16.3. The molecule has 2 aromatic rings. The quantitative estimate of drug-likeness (QED) is 0.754. The fourth-order valence-electron chi connectivity index (χ4n) is 3.16. The predicted octanol–water partition coefficient (Wildman–Crippen LogP) is 4.94. The minimum absolute atomic E-state index is 0.00382. The molecule has 0 saturated carbocycles. The van der Waals surface area contributed by atoms with Crippen LogP contribution in [0.2, 0.25) is 10.0 Å². The number of benzene rings is 2. The largest absolute Gasteiger partial charge is 0.323 e. The number of halogens is 2. The second kappa shape index (κ2) is 6.93. The van der Waals surface area contributed by atoms with Gasteiger partial charge in [0.25, 0.3) is 0 Å². The van der Waals surface area contributed by atoms with E-state index in [2.05, 4.69) is 5.32 Å². The third kappa shape index (κ3) is 3.19. The summed E-state index contributed by atoms with van der Waals surface area (Å²) in [7, 11) is 0. The van der Waals surface area contributed by atoms with Gasteiger partial charge in [-0.2, -0.15) is 0 Å². The molecule has 1 aliphatic rings. The number of para-hydroxylation sites is 2. The fraction of sp³-hybridized carbons (Fsp3) is 0.300. The van der Waals surface area contributed by atoms with E-state index >= 15 is 0 Å². The lowest BCUT2D eigenvalue weighted by Crippen LogP contribution is -2.49. The molecular formula is C20H20Cl2N2O2. The van der Waals surface area contributed by atoms with E-state index < -0.39 is 11.3 Å². The Morgan fingerprint density at radius 3 is 2.35 bits per heavy atom. The van der Waals surface area contributed by atoms with Crippen LogP contribution in [-0.2, 0) is 16.0 Å². The van der Waals surface area contributed by atoms with Gasteiger partial charge in [0, 0.05) is 11.7 Å². The molecular weight excluding hydrogens is 371 g/mol. The van der Waals surface area contributed by atoms with Gasteiger partial charge in [0.15, 0.2) is 0 Å². The summed E-state index contributed by atoms with van der Waals surface area (Å²) in [6.45, 7) is 5.21. The molecule has 0 fully saturated rings. The van der Waals surface area contributed by atoms with E-state index in [1.165, 1.54) is 0 Å². The molecule has 6 heteroatoms. The average molecular weight is 391 g/mol. The molecule has 2 amide bonds. The minimum Gasteiger partial charge on any atom is -0.323 e. The molecule has 0 radical (unpaired) electrons. The van der Waals surface area contributed by atoms with Crippen LogP contribution in [0.3, 0.4) is 0 Å². The summed E-state index contributed by atoms with van der Waals surface area (Å²) < 4.78 is 0. The van der Waals surface area contributed by atoms with E-state index in [0.717, 1.165) is 17.7 Å². The highest BCUT2D eigenvalue weighted by molar-refractivity contribution is 6.40. The lowest BCUT2D eigenvalue weighted by Gasteiger charge is -2.31. The molecule has 1 heterocycles. The van der Waals surface area contributed by atoms with Crippen molar-refractivity contribution in [1.82, 2.24) is 0 Å². The first-order valence-corrected chi connectivity index (χ1v) is 9.16. The topological polar surface area (TPSA) is 49.4 Å². The Hall–Kier alpha value is -2.04. The third-order valence-corrected chi connectivity index (χ3v) is 5.36. The van der Waals surface area contributed by atoms with Crippen molar-refractivity contribution in [1.29, 1.82) is 0 Å². The molecule has 0 aromatic heterocycles. The lowest BCUT2D eigenvalue weighted by atomic mass is 9.89. The summed E-state index contributed by atoms with van der Waals surface area (Å²) in [5.41, 5.74) is 1.01. The van der Waals surface area contributed by atoms with Crippen molar-refractivity contribution >= 4 is 46.4 Å². The molecule has 0 spiro atoms. The Kier molecular flexibility index (Phi) is 5.00. The second-order valence-electron chi connectivity index (χ2n) is 7.03. The zero-order chi connectivity index (χ0) is 19.1. The Balaban J connectivity index is 1.88. The number of nitrogens with zero attached hydrogens (tertiary/aromatic N) is 1. The number of carbonyl (C=O) groups excluding carboxylic acids is 2. The van der Waals surface area contributed by atoms with E-state index in [9.17, 15) is 9.59 Å². The van der Waals surface area contributed by atoms with E-state index in [1.54, 1.807) is 36.9 Å². The highest BCUT2D eigenvalue weighted by Gasteiger charge is 2.43. The van der Waals surface area contributed by atoms with Crippen LogP contribution in [0.5, 0.6) is 0 Å². The summed E-state index contributed by atoms with van der Waals surface area (Å²) >= 11 is 12.3. The van der Waals surface area contributed by atoms with Crippen molar-refractivity contribution in [3.63, 3.8) is 0 Å². The smallest absolute Gasteiger partial charge is 0.242 e. The predicted molar refractivity (Wildman–Crippen MR) is 106 cm³/mol. The Morgan fingerprint density at radius 2 is 1.69 bits per heavy atom. The number of amides is 2. The Morgan fingerprint density at radius 1 is 1.08 bits per heavy atom. The number of rotatable bonds is 3. The summed E-state index contributed by atoms with van der Waals surface area (Å²) in [6.07, 6.45) is 0.774. The van der Waals surface area contributed by atoms with Gasteiger partial charge in [-0.15, -0.1) is 0 Å². The van der Waals surface area contributed by atoms with Gasteiger partial charge < -0.3 is 10.2 Å². The van der Waals surface area contributed by atoms with Crippen LogP contribution in [-0.4, -0.2) is 17.9 Å². The first-order valence-electron chi connectivity index (χ1n) is 8.40. The van der Waals surface area contributed by atoms with Crippen LogP contribution < -0.4 is 10.2 Å². The molecule has 0 aliphatic carbocycles. The van der Waals surface area contributed by atoms with Gasteiger partial charge in [0.2, 0.25) is 11.8 Å². The number of hydrogen-bond acceptors (Lipinski definition) is 2. The number of anilines is 2. The van der Waals surface area contributed by atoms with Crippen LogP contribution in [0.25, 0.3) is 0 Å². The fourth-order valence-corrected chi connectivity index (χ4v) is 3.65. The summed E-state index contributed by atoms with van der Waals surface area (Å²) in [6, 6.07) is 12.7. The van der Waals surface area contributed by atoms with Crippen molar-refractivity contribution in [2.75, 3.05) is 10.2 Å². The highest BCUT2D eigenvalue weighted by atomic mass is 35.5. The molecule has 136 valence electrons. The maximum absolute atomic E-state index is 13.2. The molecule has 1 unspecified atom stereocenters. The van der Waals surface area contributed by atoms with Crippen molar-refractivity contribution in [2.45, 2.75) is 33.2 Å². The first-order chi connectivity index (χ1) is 12.2. The molecule has 26 heavy (non-hydrogen) atoms. The number of hydrogen-bond donors (Lipinski definition) is 1.